The first-order valence-corrected chi connectivity index (χ1v) is 8.64. The average Bonchev–Trinajstić information content (AvgIpc) is 2.91. The van der Waals surface area contributed by atoms with Crippen LogP contribution in [0.1, 0.15) is 18.7 Å². The molecule has 1 saturated heterocycles. The number of amides is 2. The lowest BCUT2D eigenvalue weighted by atomic mass is 10.0. The molecule has 124 valence electrons. The molecule has 0 spiro atoms. The third-order valence-electron chi connectivity index (χ3n) is 3.91. The van der Waals surface area contributed by atoms with Gasteiger partial charge >= 0.3 is 6.03 Å². The fraction of sp³-hybridized carbons (Fsp3) is 0.667. The van der Waals surface area contributed by atoms with Gasteiger partial charge in [0, 0.05) is 37.1 Å². The van der Waals surface area contributed by atoms with Gasteiger partial charge in [-0.15, -0.1) is 11.3 Å². The van der Waals surface area contributed by atoms with E-state index in [1.54, 1.807) is 11.9 Å². The molecule has 2 heterocycles. The molecular formula is C15H24ClN3O2S. The highest BCUT2D eigenvalue weighted by Gasteiger charge is 2.28. The summed E-state index contributed by atoms with van der Waals surface area (Å²) in [6.45, 7) is 8.82. The molecule has 0 unspecified atom stereocenters. The van der Waals surface area contributed by atoms with Crippen molar-refractivity contribution in [3.05, 3.63) is 21.3 Å². The average molecular weight is 346 g/mol. The first-order chi connectivity index (χ1) is 10.4. The van der Waals surface area contributed by atoms with E-state index in [0.717, 1.165) is 35.5 Å². The van der Waals surface area contributed by atoms with E-state index in [1.165, 1.54) is 11.3 Å². The van der Waals surface area contributed by atoms with E-state index in [9.17, 15) is 4.79 Å². The number of morpholine rings is 1. The van der Waals surface area contributed by atoms with E-state index in [0.29, 0.717) is 13.1 Å². The first kappa shape index (κ1) is 17.5. The van der Waals surface area contributed by atoms with Gasteiger partial charge in [-0.3, -0.25) is 4.90 Å². The van der Waals surface area contributed by atoms with Gasteiger partial charge in [0.2, 0.25) is 0 Å². The minimum atomic E-state index is -0.0769. The van der Waals surface area contributed by atoms with E-state index < -0.39 is 0 Å². The zero-order chi connectivity index (χ0) is 16.2. The number of carbonyl (C=O) groups excluding carboxylic acids is 1. The molecule has 2 amide bonds. The van der Waals surface area contributed by atoms with E-state index >= 15 is 0 Å². The summed E-state index contributed by atoms with van der Waals surface area (Å²) in [5, 5.41) is 3.02. The van der Waals surface area contributed by atoms with Gasteiger partial charge in [0.1, 0.15) is 0 Å². The minimum Gasteiger partial charge on any atom is -0.379 e. The van der Waals surface area contributed by atoms with Crippen LogP contribution in [0.4, 0.5) is 4.79 Å². The quantitative estimate of drug-likeness (QED) is 0.892. The summed E-state index contributed by atoms with van der Waals surface area (Å²) in [5.74, 6) is 0. The van der Waals surface area contributed by atoms with Gasteiger partial charge in [0.25, 0.3) is 0 Å². The second-order valence-corrected chi connectivity index (χ2v) is 7.93. The number of hydrogen-bond acceptors (Lipinski definition) is 4. The molecule has 22 heavy (non-hydrogen) atoms. The van der Waals surface area contributed by atoms with Crippen LogP contribution >= 0.6 is 22.9 Å². The maximum Gasteiger partial charge on any atom is 0.317 e. The lowest BCUT2D eigenvalue weighted by Crippen LogP contribution is -2.56. The van der Waals surface area contributed by atoms with E-state index in [-0.39, 0.29) is 11.6 Å². The highest BCUT2D eigenvalue weighted by atomic mass is 35.5. The van der Waals surface area contributed by atoms with Gasteiger partial charge in [-0.25, -0.2) is 4.79 Å². The van der Waals surface area contributed by atoms with Gasteiger partial charge in [-0.2, -0.15) is 0 Å². The lowest BCUT2D eigenvalue weighted by Gasteiger charge is -2.41. The molecule has 0 atom stereocenters. The third-order valence-corrected chi connectivity index (χ3v) is 5.12. The Kier molecular flexibility index (Phi) is 6.09. The number of nitrogens with one attached hydrogen (secondary N) is 1. The number of thiophene rings is 1. The van der Waals surface area contributed by atoms with Crippen molar-refractivity contribution in [2.75, 3.05) is 39.9 Å². The molecule has 1 fully saturated rings. The van der Waals surface area contributed by atoms with Gasteiger partial charge < -0.3 is 15.0 Å². The maximum atomic E-state index is 12.2. The van der Waals surface area contributed by atoms with Gasteiger partial charge in [-0.05, 0) is 26.0 Å². The standard InChI is InChI=1S/C15H24ClN3O2S/c1-15(2,19-6-8-21-9-7-19)11-17-14(20)18(3)10-12-4-5-13(16)22-12/h4-5H,6-11H2,1-3H3,(H,17,20). The summed E-state index contributed by atoms with van der Waals surface area (Å²) in [7, 11) is 1.80. The van der Waals surface area contributed by atoms with Crippen LogP contribution in [-0.4, -0.2) is 61.3 Å². The number of carbonyl (C=O) groups is 1. The van der Waals surface area contributed by atoms with Crippen LogP contribution < -0.4 is 5.32 Å². The SMILES string of the molecule is CN(Cc1ccc(Cl)s1)C(=O)NCC(C)(C)N1CCOCC1. The van der Waals surface area contributed by atoms with Crippen molar-refractivity contribution in [2.24, 2.45) is 0 Å². The van der Waals surface area contributed by atoms with Crippen LogP contribution in [0.3, 0.4) is 0 Å². The number of halogens is 1. The number of hydrogen-bond donors (Lipinski definition) is 1. The number of rotatable bonds is 5. The Hall–Kier alpha value is -0.820. The van der Waals surface area contributed by atoms with Crippen LogP contribution in [0.15, 0.2) is 12.1 Å². The molecule has 5 nitrogen and oxygen atoms in total. The Morgan fingerprint density at radius 1 is 1.45 bits per heavy atom. The van der Waals surface area contributed by atoms with Crippen LogP contribution in [0, 0.1) is 0 Å². The molecule has 0 saturated carbocycles. The number of nitrogens with zero attached hydrogens (tertiary/aromatic N) is 2. The first-order valence-electron chi connectivity index (χ1n) is 7.44. The van der Waals surface area contributed by atoms with Crippen molar-refractivity contribution in [3.8, 4) is 0 Å². The molecule has 2 rings (SSSR count). The Morgan fingerprint density at radius 2 is 2.14 bits per heavy atom. The van der Waals surface area contributed by atoms with E-state index in [2.05, 4.69) is 24.1 Å². The smallest absolute Gasteiger partial charge is 0.317 e. The molecule has 0 bridgehead atoms. The number of ether oxygens (including phenoxy) is 1. The molecule has 1 N–H and O–H groups in total. The Labute approximate surface area is 141 Å². The van der Waals surface area contributed by atoms with Gasteiger partial charge in [0.15, 0.2) is 0 Å². The molecule has 1 aromatic heterocycles. The summed E-state index contributed by atoms with van der Waals surface area (Å²) >= 11 is 7.42. The number of urea groups is 1. The zero-order valence-electron chi connectivity index (χ0n) is 13.4. The monoisotopic (exact) mass is 345 g/mol. The highest BCUT2D eigenvalue weighted by molar-refractivity contribution is 7.16. The zero-order valence-corrected chi connectivity index (χ0v) is 15.0. The predicted molar refractivity (Wildman–Crippen MR) is 90.7 cm³/mol. The van der Waals surface area contributed by atoms with Crippen LogP contribution in [0.25, 0.3) is 0 Å². The minimum absolute atomic E-state index is 0.0640. The van der Waals surface area contributed by atoms with Crippen molar-refractivity contribution in [1.29, 1.82) is 0 Å². The summed E-state index contributed by atoms with van der Waals surface area (Å²) in [6, 6.07) is 3.74. The molecule has 7 heteroatoms. The predicted octanol–water partition coefficient (Wildman–Crippen LogP) is 2.65. The molecule has 0 aromatic carbocycles. The van der Waals surface area contributed by atoms with Crippen molar-refractivity contribution in [1.82, 2.24) is 15.1 Å². The van der Waals surface area contributed by atoms with Crippen molar-refractivity contribution in [3.63, 3.8) is 0 Å². The second kappa shape index (κ2) is 7.64. The molecule has 0 aliphatic carbocycles. The normalized spacial score (nSPS) is 16.5. The Balaban J connectivity index is 1.80. The Bertz CT molecular complexity index is 501. The van der Waals surface area contributed by atoms with Crippen LogP contribution in [0.5, 0.6) is 0 Å². The topological polar surface area (TPSA) is 44.8 Å². The molecule has 1 aliphatic rings. The van der Waals surface area contributed by atoms with Crippen LogP contribution in [0.2, 0.25) is 4.34 Å². The maximum absolute atomic E-state index is 12.2. The van der Waals surface area contributed by atoms with E-state index in [4.69, 9.17) is 16.3 Å². The van der Waals surface area contributed by atoms with Crippen molar-refractivity contribution in [2.45, 2.75) is 25.9 Å². The molecule has 1 aliphatic heterocycles. The summed E-state index contributed by atoms with van der Waals surface area (Å²) in [6.07, 6.45) is 0. The lowest BCUT2D eigenvalue weighted by molar-refractivity contribution is -0.00900. The van der Waals surface area contributed by atoms with Gasteiger partial charge in [-0.1, -0.05) is 11.6 Å². The van der Waals surface area contributed by atoms with Crippen LogP contribution in [-0.2, 0) is 11.3 Å². The van der Waals surface area contributed by atoms with Gasteiger partial charge in [0.05, 0.1) is 24.1 Å². The fourth-order valence-electron chi connectivity index (χ4n) is 2.45. The van der Waals surface area contributed by atoms with Crippen molar-refractivity contribution < 1.29 is 9.53 Å². The highest BCUT2D eigenvalue weighted by Crippen LogP contribution is 2.22. The largest absolute Gasteiger partial charge is 0.379 e. The third kappa shape index (κ3) is 4.84. The Morgan fingerprint density at radius 3 is 2.73 bits per heavy atom. The van der Waals surface area contributed by atoms with Crippen molar-refractivity contribution >= 4 is 29.0 Å². The molecule has 0 radical (unpaired) electrons. The summed E-state index contributed by atoms with van der Waals surface area (Å²) in [5.41, 5.74) is -0.0769. The summed E-state index contributed by atoms with van der Waals surface area (Å²) in [4.78, 5) is 17.3. The van der Waals surface area contributed by atoms with E-state index in [1.807, 2.05) is 12.1 Å². The second-order valence-electron chi connectivity index (χ2n) is 6.13. The fourth-order valence-corrected chi connectivity index (χ4v) is 3.59. The molecule has 1 aromatic rings. The molecular weight excluding hydrogens is 322 g/mol. The summed E-state index contributed by atoms with van der Waals surface area (Å²) < 4.78 is 6.13.